The van der Waals surface area contributed by atoms with Crippen LogP contribution in [0, 0.1) is 6.92 Å². The lowest BCUT2D eigenvalue weighted by Crippen LogP contribution is -2.11. The van der Waals surface area contributed by atoms with Crippen LogP contribution >= 0.6 is 12.4 Å². The molecule has 2 aromatic rings. The highest BCUT2D eigenvalue weighted by atomic mass is 35.5. The molecule has 116 valence electrons. The van der Waals surface area contributed by atoms with Crippen molar-refractivity contribution < 1.29 is 4.79 Å². The molecule has 4 nitrogen and oxygen atoms in total. The number of aryl methyl sites for hydroxylation is 1. The number of fused-ring (bicyclic) bond motifs is 1. The summed E-state index contributed by atoms with van der Waals surface area (Å²) in [7, 11) is 0. The standard InChI is InChI=1S/C16H23N3O.ClH/c1-12-10-13-11-14(7-8-15(13)18-12)19-16(20)6-4-2-3-5-9-17;/h7-8,10-11,18H,2-6,9,17H2,1H3,(H,19,20);1H. The van der Waals surface area contributed by atoms with E-state index in [4.69, 9.17) is 5.73 Å². The number of aromatic amines is 1. The van der Waals surface area contributed by atoms with E-state index in [0.29, 0.717) is 6.42 Å². The molecule has 2 rings (SSSR count). The fourth-order valence-corrected chi connectivity index (χ4v) is 2.36. The lowest BCUT2D eigenvalue weighted by atomic mass is 10.1. The van der Waals surface area contributed by atoms with Crippen LogP contribution in [0.25, 0.3) is 10.9 Å². The van der Waals surface area contributed by atoms with Crippen molar-refractivity contribution in [2.24, 2.45) is 5.73 Å². The molecule has 1 aromatic carbocycles. The zero-order valence-corrected chi connectivity index (χ0v) is 13.3. The Bertz CT molecular complexity index is 580. The first-order valence-electron chi connectivity index (χ1n) is 7.28. The van der Waals surface area contributed by atoms with E-state index in [2.05, 4.69) is 16.4 Å². The summed E-state index contributed by atoms with van der Waals surface area (Å²) in [5.41, 5.74) is 8.53. The van der Waals surface area contributed by atoms with Gasteiger partial charge in [-0.2, -0.15) is 0 Å². The second-order valence-electron chi connectivity index (χ2n) is 5.26. The van der Waals surface area contributed by atoms with Crippen LogP contribution in [-0.4, -0.2) is 17.4 Å². The maximum atomic E-state index is 11.8. The molecule has 5 heteroatoms. The van der Waals surface area contributed by atoms with Gasteiger partial charge in [0, 0.05) is 28.7 Å². The van der Waals surface area contributed by atoms with Crippen LogP contribution in [0.5, 0.6) is 0 Å². The molecular weight excluding hydrogens is 286 g/mol. The maximum absolute atomic E-state index is 11.8. The van der Waals surface area contributed by atoms with Gasteiger partial charge in [-0.05, 0) is 50.6 Å². The molecule has 0 bridgehead atoms. The number of rotatable bonds is 7. The minimum atomic E-state index is 0. The zero-order chi connectivity index (χ0) is 14.4. The van der Waals surface area contributed by atoms with E-state index in [0.717, 1.165) is 54.5 Å². The second-order valence-corrected chi connectivity index (χ2v) is 5.26. The number of anilines is 1. The molecule has 1 heterocycles. The molecule has 0 fully saturated rings. The van der Waals surface area contributed by atoms with E-state index < -0.39 is 0 Å². The number of nitrogens with one attached hydrogen (secondary N) is 2. The van der Waals surface area contributed by atoms with Gasteiger partial charge in [0.25, 0.3) is 0 Å². The molecule has 0 spiro atoms. The summed E-state index contributed by atoms with van der Waals surface area (Å²) < 4.78 is 0. The average Bonchev–Trinajstić information content (AvgIpc) is 2.78. The van der Waals surface area contributed by atoms with Gasteiger partial charge in [-0.1, -0.05) is 12.8 Å². The van der Waals surface area contributed by atoms with E-state index in [-0.39, 0.29) is 18.3 Å². The van der Waals surface area contributed by atoms with Crippen LogP contribution in [0.1, 0.15) is 37.8 Å². The Morgan fingerprint density at radius 1 is 1.19 bits per heavy atom. The van der Waals surface area contributed by atoms with Crippen LogP contribution in [0.2, 0.25) is 0 Å². The van der Waals surface area contributed by atoms with Crippen LogP contribution < -0.4 is 11.1 Å². The van der Waals surface area contributed by atoms with E-state index in [9.17, 15) is 4.79 Å². The Labute approximate surface area is 131 Å². The van der Waals surface area contributed by atoms with Crippen LogP contribution in [0.4, 0.5) is 5.69 Å². The first-order valence-corrected chi connectivity index (χ1v) is 7.28. The van der Waals surface area contributed by atoms with Crippen molar-refractivity contribution in [3.8, 4) is 0 Å². The largest absolute Gasteiger partial charge is 0.359 e. The number of halogens is 1. The van der Waals surface area contributed by atoms with Crippen LogP contribution in [0.3, 0.4) is 0 Å². The highest BCUT2D eigenvalue weighted by molar-refractivity contribution is 5.93. The van der Waals surface area contributed by atoms with E-state index >= 15 is 0 Å². The average molecular weight is 310 g/mol. The zero-order valence-electron chi connectivity index (χ0n) is 12.4. The lowest BCUT2D eigenvalue weighted by Gasteiger charge is -2.05. The summed E-state index contributed by atoms with van der Waals surface area (Å²) in [5, 5.41) is 4.08. The summed E-state index contributed by atoms with van der Waals surface area (Å²) in [6.45, 7) is 2.77. The lowest BCUT2D eigenvalue weighted by molar-refractivity contribution is -0.116. The Morgan fingerprint density at radius 2 is 1.95 bits per heavy atom. The van der Waals surface area contributed by atoms with Crippen molar-refractivity contribution in [3.05, 3.63) is 30.0 Å². The SMILES string of the molecule is Cc1cc2cc(NC(=O)CCCCCCN)ccc2[nH]1.Cl. The highest BCUT2D eigenvalue weighted by Crippen LogP contribution is 2.20. The van der Waals surface area contributed by atoms with Gasteiger partial charge in [-0.3, -0.25) is 4.79 Å². The molecule has 1 aromatic heterocycles. The van der Waals surface area contributed by atoms with Gasteiger partial charge < -0.3 is 16.0 Å². The number of unbranched alkanes of at least 4 members (excludes halogenated alkanes) is 3. The van der Waals surface area contributed by atoms with Crippen molar-refractivity contribution in [2.75, 3.05) is 11.9 Å². The molecule has 0 saturated heterocycles. The van der Waals surface area contributed by atoms with E-state index in [1.54, 1.807) is 0 Å². The quantitative estimate of drug-likeness (QED) is 0.682. The third-order valence-corrected chi connectivity index (χ3v) is 3.40. The fourth-order valence-electron chi connectivity index (χ4n) is 2.36. The number of aromatic nitrogens is 1. The number of benzene rings is 1. The monoisotopic (exact) mass is 309 g/mol. The molecule has 1 amide bonds. The maximum Gasteiger partial charge on any atom is 0.224 e. The number of H-pyrrole nitrogens is 1. The molecule has 0 aliphatic carbocycles. The van der Waals surface area contributed by atoms with Gasteiger partial charge in [0.1, 0.15) is 0 Å². The van der Waals surface area contributed by atoms with Crippen LogP contribution in [-0.2, 0) is 4.79 Å². The molecule has 21 heavy (non-hydrogen) atoms. The third kappa shape index (κ3) is 5.40. The molecular formula is C16H24ClN3O. The third-order valence-electron chi connectivity index (χ3n) is 3.40. The predicted octanol–water partition coefficient (Wildman–Crippen LogP) is 3.75. The molecule has 0 unspecified atom stereocenters. The minimum absolute atomic E-state index is 0. The predicted molar refractivity (Wildman–Crippen MR) is 91.1 cm³/mol. The number of hydrogen-bond acceptors (Lipinski definition) is 2. The van der Waals surface area contributed by atoms with E-state index in [1.165, 1.54) is 0 Å². The molecule has 0 atom stereocenters. The van der Waals surface area contributed by atoms with Gasteiger partial charge in [0.2, 0.25) is 5.91 Å². The van der Waals surface area contributed by atoms with Crippen molar-refractivity contribution in [3.63, 3.8) is 0 Å². The number of amides is 1. The Kier molecular flexibility index (Phi) is 7.26. The molecule has 0 aliphatic heterocycles. The van der Waals surface area contributed by atoms with Gasteiger partial charge in [-0.15, -0.1) is 12.4 Å². The molecule has 0 aliphatic rings. The van der Waals surface area contributed by atoms with Gasteiger partial charge in [0.15, 0.2) is 0 Å². The van der Waals surface area contributed by atoms with Crippen molar-refractivity contribution in [1.29, 1.82) is 0 Å². The number of carbonyl (C=O) groups is 1. The fraction of sp³-hybridized carbons (Fsp3) is 0.438. The van der Waals surface area contributed by atoms with Crippen molar-refractivity contribution in [2.45, 2.75) is 39.0 Å². The first kappa shape index (κ1) is 17.5. The molecule has 4 N–H and O–H groups in total. The number of hydrogen-bond donors (Lipinski definition) is 3. The summed E-state index contributed by atoms with van der Waals surface area (Å²) in [5.74, 6) is 0.0874. The topological polar surface area (TPSA) is 70.9 Å². The molecule has 0 radical (unpaired) electrons. The highest BCUT2D eigenvalue weighted by Gasteiger charge is 2.04. The summed E-state index contributed by atoms with van der Waals surface area (Å²) in [4.78, 5) is 15.1. The van der Waals surface area contributed by atoms with E-state index in [1.807, 2.05) is 25.1 Å². The summed E-state index contributed by atoms with van der Waals surface area (Å²) in [6.07, 6.45) is 4.73. The summed E-state index contributed by atoms with van der Waals surface area (Å²) in [6, 6.07) is 8.02. The Morgan fingerprint density at radius 3 is 2.71 bits per heavy atom. The summed E-state index contributed by atoms with van der Waals surface area (Å²) >= 11 is 0. The molecule has 0 saturated carbocycles. The first-order chi connectivity index (χ1) is 9.69. The van der Waals surface area contributed by atoms with Crippen molar-refractivity contribution >= 4 is 34.9 Å². The second kappa shape index (κ2) is 8.70. The van der Waals surface area contributed by atoms with Gasteiger partial charge in [-0.25, -0.2) is 0 Å². The van der Waals surface area contributed by atoms with Crippen LogP contribution in [0.15, 0.2) is 24.3 Å². The smallest absolute Gasteiger partial charge is 0.224 e. The Balaban J connectivity index is 0.00000220. The minimum Gasteiger partial charge on any atom is -0.359 e. The number of carbonyl (C=O) groups excluding carboxylic acids is 1. The van der Waals surface area contributed by atoms with Crippen molar-refractivity contribution in [1.82, 2.24) is 4.98 Å². The normalized spacial score (nSPS) is 10.4. The number of nitrogens with two attached hydrogens (primary N) is 1. The Hall–Kier alpha value is -1.52. The van der Waals surface area contributed by atoms with Gasteiger partial charge in [0.05, 0.1) is 0 Å². The van der Waals surface area contributed by atoms with Gasteiger partial charge >= 0.3 is 0 Å².